The third-order valence-corrected chi connectivity index (χ3v) is 3.36. The summed E-state index contributed by atoms with van der Waals surface area (Å²) in [5.74, 6) is 0.950. The molecule has 1 aromatic rings. The van der Waals surface area contributed by atoms with E-state index in [2.05, 4.69) is 44.7 Å². The minimum atomic E-state index is 0.0296. The van der Waals surface area contributed by atoms with Gasteiger partial charge in [0.15, 0.2) is 0 Å². The highest BCUT2D eigenvalue weighted by Crippen LogP contribution is 2.35. The van der Waals surface area contributed by atoms with Crippen molar-refractivity contribution in [1.29, 1.82) is 0 Å². The van der Waals surface area contributed by atoms with Crippen molar-refractivity contribution >= 4 is 0 Å². The Morgan fingerprint density at radius 3 is 2.26 bits per heavy atom. The van der Waals surface area contributed by atoms with Crippen molar-refractivity contribution in [3.63, 3.8) is 0 Å². The van der Waals surface area contributed by atoms with Crippen LogP contribution in [0.15, 0.2) is 12.1 Å². The van der Waals surface area contributed by atoms with E-state index in [1.54, 1.807) is 7.11 Å². The number of likely N-dealkylation sites (N-methyl/N-ethyl adjacent to an activating group) is 1. The molecule has 108 valence electrons. The summed E-state index contributed by atoms with van der Waals surface area (Å²) in [5, 5.41) is 0. The van der Waals surface area contributed by atoms with Crippen LogP contribution in [0.25, 0.3) is 0 Å². The second-order valence-electron chi connectivity index (χ2n) is 6.53. The average molecular weight is 264 g/mol. The molecule has 3 heteroatoms. The van der Waals surface area contributed by atoms with Gasteiger partial charge < -0.3 is 15.4 Å². The van der Waals surface area contributed by atoms with E-state index in [0.717, 1.165) is 12.3 Å². The van der Waals surface area contributed by atoms with Crippen molar-refractivity contribution in [3.8, 4) is 5.75 Å². The van der Waals surface area contributed by atoms with Crippen LogP contribution < -0.4 is 10.5 Å². The first-order chi connectivity index (χ1) is 8.66. The van der Waals surface area contributed by atoms with Crippen LogP contribution in [0.5, 0.6) is 5.75 Å². The highest BCUT2D eigenvalue weighted by Gasteiger charge is 2.22. The van der Waals surface area contributed by atoms with Crippen molar-refractivity contribution in [3.05, 3.63) is 28.8 Å². The number of nitrogens with two attached hydrogens (primary N) is 1. The van der Waals surface area contributed by atoms with Crippen molar-refractivity contribution in [2.24, 2.45) is 5.73 Å². The molecular formula is C16H28N2O. The molecule has 0 fully saturated rings. The lowest BCUT2D eigenvalue weighted by Crippen LogP contribution is -2.27. The summed E-state index contributed by atoms with van der Waals surface area (Å²) < 4.78 is 5.52. The molecule has 0 saturated heterocycles. The number of benzene rings is 1. The second-order valence-corrected chi connectivity index (χ2v) is 6.53. The molecule has 1 atom stereocenters. The molecule has 19 heavy (non-hydrogen) atoms. The molecule has 0 aromatic heterocycles. The number of aryl methyl sites for hydroxylation is 1. The summed E-state index contributed by atoms with van der Waals surface area (Å²) in [6.07, 6.45) is 0. The zero-order chi connectivity index (χ0) is 14.8. The molecule has 1 unspecified atom stereocenters. The van der Waals surface area contributed by atoms with E-state index in [0.29, 0.717) is 0 Å². The summed E-state index contributed by atoms with van der Waals surface area (Å²) in [6.45, 7) is 9.53. The fraction of sp³-hybridized carbons (Fsp3) is 0.625. The molecule has 3 nitrogen and oxygen atoms in total. The second kappa shape index (κ2) is 5.93. The number of ether oxygens (including phenoxy) is 1. The molecule has 2 N–H and O–H groups in total. The first kappa shape index (κ1) is 16.0. The monoisotopic (exact) mass is 264 g/mol. The van der Waals surface area contributed by atoms with Crippen molar-refractivity contribution in [1.82, 2.24) is 4.90 Å². The molecule has 0 saturated carbocycles. The maximum absolute atomic E-state index is 6.32. The fourth-order valence-corrected chi connectivity index (χ4v) is 2.34. The molecule has 1 rings (SSSR count). The predicted octanol–water partition coefficient (Wildman–Crippen LogP) is 2.86. The lowest BCUT2D eigenvalue weighted by atomic mass is 9.83. The van der Waals surface area contributed by atoms with Gasteiger partial charge in [-0.25, -0.2) is 0 Å². The quantitative estimate of drug-likeness (QED) is 0.909. The molecule has 0 spiro atoms. The molecule has 0 amide bonds. The SMILES string of the molecule is COc1cc(C)c(C(N)CN(C)C)cc1C(C)(C)C. The normalized spacial score (nSPS) is 13.7. The predicted molar refractivity (Wildman–Crippen MR) is 81.9 cm³/mol. The Balaban J connectivity index is 3.27. The molecule has 1 aromatic carbocycles. The zero-order valence-electron chi connectivity index (χ0n) is 13.4. The van der Waals surface area contributed by atoms with Gasteiger partial charge in [0.05, 0.1) is 7.11 Å². The molecular weight excluding hydrogens is 236 g/mol. The van der Waals surface area contributed by atoms with E-state index in [9.17, 15) is 0 Å². The van der Waals surface area contributed by atoms with Gasteiger partial charge in [0.25, 0.3) is 0 Å². The molecule has 0 aliphatic heterocycles. The van der Waals surface area contributed by atoms with E-state index in [1.165, 1.54) is 16.7 Å². The number of methoxy groups -OCH3 is 1. The van der Waals surface area contributed by atoms with Crippen LogP contribution in [0, 0.1) is 6.92 Å². The Kier molecular flexibility index (Phi) is 4.99. The molecule has 0 heterocycles. The standard InChI is InChI=1S/C16H28N2O/c1-11-8-15(19-7)13(16(2,3)4)9-12(11)14(17)10-18(5)6/h8-9,14H,10,17H2,1-7H3. The number of hydrogen-bond donors (Lipinski definition) is 1. The van der Waals surface area contributed by atoms with Crippen LogP contribution in [-0.2, 0) is 5.41 Å². The lowest BCUT2D eigenvalue weighted by molar-refractivity contribution is 0.374. The zero-order valence-corrected chi connectivity index (χ0v) is 13.4. The summed E-state index contributed by atoms with van der Waals surface area (Å²) >= 11 is 0. The van der Waals surface area contributed by atoms with Gasteiger partial charge in [0.2, 0.25) is 0 Å². The van der Waals surface area contributed by atoms with Gasteiger partial charge in [0.1, 0.15) is 5.75 Å². The van der Waals surface area contributed by atoms with E-state index in [1.807, 2.05) is 14.1 Å². The molecule has 0 radical (unpaired) electrons. The van der Waals surface area contributed by atoms with E-state index >= 15 is 0 Å². The highest BCUT2D eigenvalue weighted by molar-refractivity contribution is 5.46. The molecule has 0 aliphatic carbocycles. The highest BCUT2D eigenvalue weighted by atomic mass is 16.5. The number of hydrogen-bond acceptors (Lipinski definition) is 3. The van der Waals surface area contributed by atoms with Gasteiger partial charge in [-0.2, -0.15) is 0 Å². The van der Waals surface area contributed by atoms with Crippen LogP contribution in [0.4, 0.5) is 0 Å². The van der Waals surface area contributed by atoms with Crippen LogP contribution in [-0.4, -0.2) is 32.6 Å². The van der Waals surface area contributed by atoms with Gasteiger partial charge in [-0.1, -0.05) is 20.8 Å². The van der Waals surface area contributed by atoms with Gasteiger partial charge in [0, 0.05) is 12.6 Å². The van der Waals surface area contributed by atoms with Gasteiger partial charge in [-0.3, -0.25) is 0 Å². The third-order valence-electron chi connectivity index (χ3n) is 3.36. The number of nitrogens with zero attached hydrogens (tertiary/aromatic N) is 1. The fourth-order valence-electron chi connectivity index (χ4n) is 2.34. The topological polar surface area (TPSA) is 38.5 Å². The van der Waals surface area contributed by atoms with E-state index < -0.39 is 0 Å². The van der Waals surface area contributed by atoms with Crippen molar-refractivity contribution in [2.45, 2.75) is 39.2 Å². The van der Waals surface area contributed by atoms with Gasteiger partial charge >= 0.3 is 0 Å². The largest absolute Gasteiger partial charge is 0.496 e. The lowest BCUT2D eigenvalue weighted by Gasteiger charge is -2.26. The Hall–Kier alpha value is -1.06. The first-order valence-electron chi connectivity index (χ1n) is 6.76. The van der Waals surface area contributed by atoms with Crippen LogP contribution in [0.3, 0.4) is 0 Å². The Morgan fingerprint density at radius 1 is 1.26 bits per heavy atom. The number of rotatable bonds is 4. The minimum Gasteiger partial charge on any atom is -0.496 e. The smallest absolute Gasteiger partial charge is 0.122 e. The Bertz CT molecular complexity index is 433. The summed E-state index contributed by atoms with van der Waals surface area (Å²) in [6, 6.07) is 4.34. The van der Waals surface area contributed by atoms with Gasteiger partial charge in [-0.15, -0.1) is 0 Å². The third kappa shape index (κ3) is 3.95. The molecule has 0 aliphatic rings. The van der Waals surface area contributed by atoms with E-state index in [4.69, 9.17) is 10.5 Å². The van der Waals surface area contributed by atoms with Crippen LogP contribution in [0.2, 0.25) is 0 Å². The van der Waals surface area contributed by atoms with Crippen LogP contribution in [0.1, 0.15) is 43.5 Å². The maximum Gasteiger partial charge on any atom is 0.122 e. The summed E-state index contributed by atoms with van der Waals surface area (Å²) in [4.78, 5) is 2.12. The van der Waals surface area contributed by atoms with Crippen LogP contribution >= 0.6 is 0 Å². The average Bonchev–Trinajstić information content (AvgIpc) is 2.25. The summed E-state index contributed by atoms with van der Waals surface area (Å²) in [5.41, 5.74) is 9.98. The molecule has 0 bridgehead atoms. The maximum atomic E-state index is 6.32. The Morgan fingerprint density at radius 2 is 1.84 bits per heavy atom. The van der Waals surface area contributed by atoms with Crippen molar-refractivity contribution < 1.29 is 4.74 Å². The Labute approximate surface area is 117 Å². The van der Waals surface area contributed by atoms with Crippen molar-refractivity contribution in [2.75, 3.05) is 27.7 Å². The summed E-state index contributed by atoms with van der Waals surface area (Å²) in [7, 11) is 5.82. The minimum absolute atomic E-state index is 0.0296. The first-order valence-corrected chi connectivity index (χ1v) is 6.76. The van der Waals surface area contributed by atoms with E-state index in [-0.39, 0.29) is 11.5 Å². The van der Waals surface area contributed by atoms with Gasteiger partial charge in [-0.05, 0) is 55.3 Å².